The van der Waals surface area contributed by atoms with Gasteiger partial charge in [-0.3, -0.25) is 0 Å². The third-order valence-corrected chi connectivity index (χ3v) is 1.57. The predicted octanol–water partition coefficient (Wildman–Crippen LogP) is 0.439. The maximum atomic E-state index is 3.79. The minimum absolute atomic E-state index is 1.05. The molecule has 0 radical (unpaired) electrons. The number of allylic oxidation sites excluding steroid dienone is 2. The summed E-state index contributed by atoms with van der Waals surface area (Å²) in [5, 5.41) is 7.49. The van der Waals surface area contributed by atoms with E-state index in [-0.39, 0.29) is 0 Å². The van der Waals surface area contributed by atoms with Crippen molar-refractivity contribution in [2.24, 2.45) is 0 Å². The summed E-state index contributed by atoms with van der Waals surface area (Å²) in [4.78, 5) is 0. The monoisotopic (exact) mass is 160 g/mol. The molecular formula is C8H8N4. The van der Waals surface area contributed by atoms with Gasteiger partial charge in [-0.15, -0.1) is 0 Å². The molecular weight excluding hydrogens is 152 g/mol. The van der Waals surface area contributed by atoms with Crippen molar-refractivity contribution in [3.63, 3.8) is 0 Å². The third kappa shape index (κ3) is 1.27. The second kappa shape index (κ2) is 3.04. The normalized spacial score (nSPS) is 14.5. The molecule has 1 aliphatic heterocycles. The molecule has 12 heavy (non-hydrogen) atoms. The van der Waals surface area contributed by atoms with E-state index in [0.717, 1.165) is 11.1 Å². The Bertz CT molecular complexity index is 315. The zero-order valence-electron chi connectivity index (χ0n) is 6.36. The highest BCUT2D eigenvalue weighted by molar-refractivity contribution is 5.73. The lowest BCUT2D eigenvalue weighted by atomic mass is 10.1. The first kappa shape index (κ1) is 6.84. The van der Waals surface area contributed by atoms with Gasteiger partial charge in [0.15, 0.2) is 0 Å². The van der Waals surface area contributed by atoms with E-state index in [1.165, 1.54) is 0 Å². The molecule has 1 aromatic heterocycles. The van der Waals surface area contributed by atoms with E-state index in [4.69, 9.17) is 0 Å². The molecule has 0 aliphatic carbocycles. The molecule has 2 N–H and O–H groups in total. The first-order valence-corrected chi connectivity index (χ1v) is 3.62. The highest BCUT2D eigenvalue weighted by atomic mass is 15.3. The van der Waals surface area contributed by atoms with Crippen LogP contribution in [-0.2, 0) is 0 Å². The van der Waals surface area contributed by atoms with E-state index in [1.54, 1.807) is 12.4 Å². The standard InChI is InChI=1S/C8H8N4/c1-3-9-11-5-7(1)8-2-4-10-12-6-8/h1-6,9,11H. The van der Waals surface area contributed by atoms with Crippen LogP contribution in [-0.4, -0.2) is 10.2 Å². The minimum atomic E-state index is 1.05. The molecule has 0 fully saturated rings. The number of hydrogen-bond acceptors (Lipinski definition) is 4. The molecule has 0 unspecified atom stereocenters. The largest absolute Gasteiger partial charge is 0.309 e. The SMILES string of the molecule is C1=CC(c2ccnnc2)=CNN1. The Hall–Kier alpha value is -1.84. The molecule has 2 rings (SSSR count). The Balaban J connectivity index is 2.31. The van der Waals surface area contributed by atoms with Gasteiger partial charge in [-0.25, -0.2) is 0 Å². The number of rotatable bonds is 1. The summed E-state index contributed by atoms with van der Waals surface area (Å²) >= 11 is 0. The Morgan fingerprint density at radius 3 is 2.83 bits per heavy atom. The van der Waals surface area contributed by atoms with Crippen molar-refractivity contribution in [2.75, 3.05) is 0 Å². The van der Waals surface area contributed by atoms with Crippen molar-refractivity contribution in [2.45, 2.75) is 0 Å². The van der Waals surface area contributed by atoms with Gasteiger partial charge in [-0.05, 0) is 12.1 Å². The van der Waals surface area contributed by atoms with Gasteiger partial charge in [0.05, 0.1) is 12.4 Å². The molecule has 1 aliphatic rings. The molecule has 0 amide bonds. The molecule has 4 heteroatoms. The van der Waals surface area contributed by atoms with Crippen LogP contribution in [0.25, 0.3) is 5.57 Å². The lowest BCUT2D eigenvalue weighted by molar-refractivity contribution is 0.770. The van der Waals surface area contributed by atoms with Crippen molar-refractivity contribution >= 4 is 5.57 Å². The van der Waals surface area contributed by atoms with Crippen molar-refractivity contribution in [3.05, 3.63) is 42.5 Å². The zero-order chi connectivity index (χ0) is 8.23. The quantitative estimate of drug-likeness (QED) is 0.625. The van der Waals surface area contributed by atoms with Crippen LogP contribution in [0.15, 0.2) is 36.9 Å². The number of nitrogens with zero attached hydrogens (tertiary/aromatic N) is 2. The first-order valence-electron chi connectivity index (χ1n) is 3.62. The topological polar surface area (TPSA) is 49.8 Å². The van der Waals surface area contributed by atoms with E-state index >= 15 is 0 Å². The Morgan fingerprint density at radius 1 is 1.17 bits per heavy atom. The molecule has 0 bridgehead atoms. The maximum Gasteiger partial charge on any atom is 0.0575 e. The fourth-order valence-corrected chi connectivity index (χ4v) is 0.988. The summed E-state index contributed by atoms with van der Waals surface area (Å²) < 4.78 is 0. The average molecular weight is 160 g/mol. The lowest BCUT2D eigenvalue weighted by Crippen LogP contribution is -2.23. The highest BCUT2D eigenvalue weighted by Crippen LogP contribution is 2.13. The van der Waals surface area contributed by atoms with E-state index in [0.29, 0.717) is 0 Å². The van der Waals surface area contributed by atoms with Crippen LogP contribution in [0.1, 0.15) is 5.56 Å². The number of hydrogen-bond donors (Lipinski definition) is 2. The van der Waals surface area contributed by atoms with Crippen LogP contribution >= 0.6 is 0 Å². The molecule has 0 atom stereocenters. The summed E-state index contributed by atoms with van der Waals surface area (Å²) in [5.74, 6) is 0. The molecule has 4 nitrogen and oxygen atoms in total. The van der Waals surface area contributed by atoms with Crippen LogP contribution in [0.5, 0.6) is 0 Å². The van der Waals surface area contributed by atoms with Crippen molar-refractivity contribution in [3.8, 4) is 0 Å². The number of nitrogens with one attached hydrogen (secondary N) is 2. The Labute approximate surface area is 70.0 Å². The summed E-state index contributed by atoms with van der Waals surface area (Å²) in [6.45, 7) is 0. The highest BCUT2D eigenvalue weighted by Gasteiger charge is 1.98. The van der Waals surface area contributed by atoms with Gasteiger partial charge in [0.25, 0.3) is 0 Å². The second-order valence-corrected chi connectivity index (χ2v) is 2.35. The van der Waals surface area contributed by atoms with Crippen LogP contribution < -0.4 is 10.9 Å². The van der Waals surface area contributed by atoms with Crippen molar-refractivity contribution < 1.29 is 0 Å². The fourth-order valence-electron chi connectivity index (χ4n) is 0.988. The van der Waals surface area contributed by atoms with E-state index in [1.807, 2.05) is 24.5 Å². The molecule has 0 aromatic carbocycles. The van der Waals surface area contributed by atoms with Crippen LogP contribution in [0.3, 0.4) is 0 Å². The molecule has 0 spiro atoms. The summed E-state index contributed by atoms with van der Waals surface area (Å²) in [7, 11) is 0. The fraction of sp³-hybridized carbons (Fsp3) is 0. The Kier molecular flexibility index (Phi) is 1.74. The third-order valence-electron chi connectivity index (χ3n) is 1.57. The van der Waals surface area contributed by atoms with Gasteiger partial charge < -0.3 is 10.9 Å². The van der Waals surface area contributed by atoms with Crippen LogP contribution in [0.2, 0.25) is 0 Å². The van der Waals surface area contributed by atoms with Crippen LogP contribution in [0.4, 0.5) is 0 Å². The van der Waals surface area contributed by atoms with Crippen molar-refractivity contribution in [1.29, 1.82) is 0 Å². The van der Waals surface area contributed by atoms with Crippen LogP contribution in [0, 0.1) is 0 Å². The lowest BCUT2D eigenvalue weighted by Gasteiger charge is -2.08. The zero-order valence-corrected chi connectivity index (χ0v) is 6.36. The summed E-state index contributed by atoms with van der Waals surface area (Å²) in [6.07, 6.45) is 9.06. The Morgan fingerprint density at radius 2 is 2.17 bits per heavy atom. The second-order valence-electron chi connectivity index (χ2n) is 2.35. The van der Waals surface area contributed by atoms with Gasteiger partial charge >= 0.3 is 0 Å². The number of aromatic nitrogens is 2. The van der Waals surface area contributed by atoms with Gasteiger partial charge in [-0.2, -0.15) is 10.2 Å². The maximum absolute atomic E-state index is 3.79. The van der Waals surface area contributed by atoms with Gasteiger partial charge in [-0.1, -0.05) is 0 Å². The molecule has 60 valence electrons. The molecule has 0 saturated carbocycles. The van der Waals surface area contributed by atoms with Gasteiger partial charge in [0, 0.05) is 23.5 Å². The minimum Gasteiger partial charge on any atom is -0.309 e. The molecule has 2 heterocycles. The average Bonchev–Trinajstić information content (AvgIpc) is 2.21. The van der Waals surface area contributed by atoms with E-state index in [9.17, 15) is 0 Å². The smallest absolute Gasteiger partial charge is 0.0575 e. The summed E-state index contributed by atoms with van der Waals surface area (Å²) in [6, 6.07) is 1.91. The molecule has 1 aromatic rings. The van der Waals surface area contributed by atoms with Crippen molar-refractivity contribution in [1.82, 2.24) is 21.0 Å². The predicted molar refractivity (Wildman–Crippen MR) is 45.4 cm³/mol. The van der Waals surface area contributed by atoms with E-state index < -0.39 is 0 Å². The molecule has 0 saturated heterocycles. The first-order chi connectivity index (χ1) is 5.97. The summed E-state index contributed by atoms with van der Waals surface area (Å²) in [5.41, 5.74) is 7.87. The number of hydrazine groups is 1. The van der Waals surface area contributed by atoms with Gasteiger partial charge in [0.2, 0.25) is 0 Å². The van der Waals surface area contributed by atoms with Gasteiger partial charge in [0.1, 0.15) is 0 Å². The van der Waals surface area contributed by atoms with E-state index in [2.05, 4.69) is 21.0 Å².